The van der Waals surface area contributed by atoms with Gasteiger partial charge in [0.25, 0.3) is 0 Å². The maximum absolute atomic E-state index is 12.4. The number of benzene rings is 1. The van der Waals surface area contributed by atoms with E-state index in [9.17, 15) is 4.79 Å². The first kappa shape index (κ1) is 20.0. The lowest BCUT2D eigenvalue weighted by molar-refractivity contribution is -0.117. The number of nitrogens with one attached hydrogen (secondary N) is 1. The second kappa shape index (κ2) is 9.02. The Bertz CT molecular complexity index is 973. The van der Waals surface area contributed by atoms with Gasteiger partial charge in [-0.05, 0) is 24.6 Å². The lowest BCUT2D eigenvalue weighted by Crippen LogP contribution is -2.49. The smallest absolute Gasteiger partial charge is 0.240 e. The topological polar surface area (TPSA) is 66.3 Å². The molecule has 3 aromatic rings. The lowest BCUT2D eigenvalue weighted by Gasteiger charge is -2.34. The minimum Gasteiger partial charge on any atom is -0.334 e. The van der Waals surface area contributed by atoms with Crippen molar-refractivity contribution < 1.29 is 4.79 Å². The first-order valence-electron chi connectivity index (χ1n) is 10.2. The molecule has 7 nitrogen and oxygen atoms in total. The fraction of sp³-hybridized carbons (Fsp3) is 0.476. The standard InChI is InChI=1S/C21H28N6OS/c1-3-19-22-6-7-27(19)13-12-25-8-10-26(11-9-25)15-20(28)24-21-23-17-5-4-16(2)14-18(17)29-21/h4-7,14H,3,8-13,15H2,1-2H3,(H,23,24,28). The van der Waals surface area contributed by atoms with Gasteiger partial charge in [0.15, 0.2) is 5.13 Å². The number of hydrogen-bond acceptors (Lipinski definition) is 6. The number of aryl methyl sites for hydroxylation is 2. The highest BCUT2D eigenvalue weighted by atomic mass is 32.1. The van der Waals surface area contributed by atoms with Crippen LogP contribution in [0.15, 0.2) is 30.6 Å². The van der Waals surface area contributed by atoms with Gasteiger partial charge in [-0.15, -0.1) is 0 Å². The molecule has 0 bridgehead atoms. The molecule has 1 N–H and O–H groups in total. The second-order valence-corrected chi connectivity index (χ2v) is 8.58. The molecule has 8 heteroatoms. The zero-order valence-electron chi connectivity index (χ0n) is 17.1. The Labute approximate surface area is 175 Å². The van der Waals surface area contributed by atoms with Gasteiger partial charge in [-0.1, -0.05) is 24.3 Å². The van der Waals surface area contributed by atoms with Crippen molar-refractivity contribution in [2.75, 3.05) is 44.6 Å². The Morgan fingerprint density at radius 2 is 1.97 bits per heavy atom. The summed E-state index contributed by atoms with van der Waals surface area (Å²) >= 11 is 1.53. The van der Waals surface area contributed by atoms with E-state index in [0.717, 1.165) is 61.7 Å². The Morgan fingerprint density at radius 1 is 1.17 bits per heavy atom. The van der Waals surface area contributed by atoms with E-state index in [4.69, 9.17) is 0 Å². The number of piperazine rings is 1. The average molecular weight is 413 g/mol. The first-order valence-corrected chi connectivity index (χ1v) is 11.0. The minimum absolute atomic E-state index is 0.0141. The Balaban J connectivity index is 1.22. The maximum Gasteiger partial charge on any atom is 0.240 e. The van der Waals surface area contributed by atoms with Gasteiger partial charge in [0, 0.05) is 58.1 Å². The molecule has 29 heavy (non-hydrogen) atoms. The van der Waals surface area contributed by atoms with Gasteiger partial charge in [-0.3, -0.25) is 14.6 Å². The van der Waals surface area contributed by atoms with Crippen molar-refractivity contribution in [3.63, 3.8) is 0 Å². The second-order valence-electron chi connectivity index (χ2n) is 7.55. The van der Waals surface area contributed by atoms with Gasteiger partial charge in [0.1, 0.15) is 5.82 Å². The van der Waals surface area contributed by atoms with Crippen LogP contribution in [0.1, 0.15) is 18.3 Å². The van der Waals surface area contributed by atoms with Crippen LogP contribution in [-0.4, -0.2) is 69.5 Å². The highest BCUT2D eigenvalue weighted by molar-refractivity contribution is 7.22. The van der Waals surface area contributed by atoms with E-state index < -0.39 is 0 Å². The Morgan fingerprint density at radius 3 is 2.76 bits per heavy atom. The van der Waals surface area contributed by atoms with Crippen molar-refractivity contribution in [2.24, 2.45) is 0 Å². The number of carbonyl (C=O) groups excluding carboxylic acids is 1. The van der Waals surface area contributed by atoms with E-state index in [1.165, 1.54) is 16.9 Å². The summed E-state index contributed by atoms with van der Waals surface area (Å²) in [6.45, 7) is 10.4. The third kappa shape index (κ3) is 5.01. The predicted molar refractivity (Wildman–Crippen MR) is 117 cm³/mol. The van der Waals surface area contributed by atoms with Crippen molar-refractivity contribution in [3.8, 4) is 0 Å². The third-order valence-corrected chi connectivity index (χ3v) is 6.33. The molecule has 1 amide bonds. The highest BCUT2D eigenvalue weighted by Gasteiger charge is 2.19. The van der Waals surface area contributed by atoms with Crippen LogP contribution >= 0.6 is 11.3 Å². The van der Waals surface area contributed by atoms with E-state index >= 15 is 0 Å². The van der Waals surface area contributed by atoms with Crippen LogP contribution in [0, 0.1) is 6.92 Å². The number of fused-ring (bicyclic) bond motifs is 1. The first-order chi connectivity index (χ1) is 14.1. The number of rotatable bonds is 7. The third-order valence-electron chi connectivity index (χ3n) is 5.40. The Kier molecular flexibility index (Phi) is 6.22. The van der Waals surface area contributed by atoms with E-state index in [0.29, 0.717) is 11.7 Å². The maximum atomic E-state index is 12.4. The van der Waals surface area contributed by atoms with E-state index in [2.05, 4.69) is 55.8 Å². The van der Waals surface area contributed by atoms with Gasteiger partial charge >= 0.3 is 0 Å². The quantitative estimate of drug-likeness (QED) is 0.646. The van der Waals surface area contributed by atoms with E-state index in [1.807, 2.05) is 18.3 Å². The molecular weight excluding hydrogens is 384 g/mol. The zero-order valence-corrected chi connectivity index (χ0v) is 17.9. The van der Waals surface area contributed by atoms with Crippen LogP contribution in [-0.2, 0) is 17.8 Å². The number of amides is 1. The summed E-state index contributed by atoms with van der Waals surface area (Å²) in [6.07, 6.45) is 4.90. The summed E-state index contributed by atoms with van der Waals surface area (Å²) in [5.74, 6) is 1.16. The molecule has 3 heterocycles. The van der Waals surface area contributed by atoms with E-state index in [-0.39, 0.29) is 5.91 Å². The number of thiazole rings is 1. The molecule has 1 saturated heterocycles. The van der Waals surface area contributed by atoms with E-state index in [1.54, 1.807) is 0 Å². The van der Waals surface area contributed by atoms with Crippen LogP contribution < -0.4 is 5.32 Å². The summed E-state index contributed by atoms with van der Waals surface area (Å²) in [5.41, 5.74) is 2.14. The highest BCUT2D eigenvalue weighted by Crippen LogP contribution is 2.26. The SMILES string of the molecule is CCc1nccn1CCN1CCN(CC(=O)Nc2nc3ccc(C)cc3s2)CC1. The molecule has 1 aliphatic rings. The summed E-state index contributed by atoms with van der Waals surface area (Å²) in [4.78, 5) is 26.0. The number of hydrogen-bond donors (Lipinski definition) is 1. The normalized spacial score (nSPS) is 15.8. The van der Waals surface area contributed by atoms with Gasteiger partial charge in [-0.25, -0.2) is 9.97 Å². The fourth-order valence-corrected chi connectivity index (χ4v) is 4.71. The molecular formula is C21H28N6OS. The molecule has 0 atom stereocenters. The van der Waals surface area contributed by atoms with Crippen LogP contribution in [0.25, 0.3) is 10.2 Å². The van der Waals surface area contributed by atoms with Crippen molar-refractivity contribution in [3.05, 3.63) is 42.0 Å². The number of anilines is 1. The van der Waals surface area contributed by atoms with Crippen LogP contribution in [0.5, 0.6) is 0 Å². The van der Waals surface area contributed by atoms with Gasteiger partial charge in [-0.2, -0.15) is 0 Å². The Hall–Kier alpha value is -2.29. The predicted octanol–water partition coefficient (Wildman–Crippen LogP) is 2.62. The molecule has 1 fully saturated rings. The van der Waals surface area contributed by atoms with Crippen molar-refractivity contribution in [2.45, 2.75) is 26.8 Å². The molecule has 4 rings (SSSR count). The summed E-state index contributed by atoms with van der Waals surface area (Å²) in [7, 11) is 0. The van der Waals surface area contributed by atoms with Gasteiger partial charge in [0.05, 0.1) is 16.8 Å². The molecule has 0 unspecified atom stereocenters. The largest absolute Gasteiger partial charge is 0.334 e. The average Bonchev–Trinajstić information content (AvgIpc) is 3.32. The summed E-state index contributed by atoms with van der Waals surface area (Å²) < 4.78 is 3.34. The van der Waals surface area contributed by atoms with Gasteiger partial charge in [0.2, 0.25) is 5.91 Å². The zero-order chi connectivity index (χ0) is 20.2. The molecule has 0 aliphatic carbocycles. The number of carbonyl (C=O) groups is 1. The van der Waals surface area contributed by atoms with Crippen LogP contribution in [0.3, 0.4) is 0 Å². The van der Waals surface area contributed by atoms with Crippen LogP contribution in [0.4, 0.5) is 5.13 Å². The lowest BCUT2D eigenvalue weighted by atomic mass is 10.2. The van der Waals surface area contributed by atoms with Crippen molar-refractivity contribution in [1.29, 1.82) is 0 Å². The molecule has 1 aromatic carbocycles. The summed E-state index contributed by atoms with van der Waals surface area (Å²) in [5, 5.41) is 3.65. The monoisotopic (exact) mass is 412 g/mol. The minimum atomic E-state index is 0.0141. The van der Waals surface area contributed by atoms with Crippen molar-refractivity contribution >= 4 is 32.6 Å². The molecule has 0 spiro atoms. The fourth-order valence-electron chi connectivity index (χ4n) is 3.73. The van der Waals surface area contributed by atoms with Gasteiger partial charge < -0.3 is 9.88 Å². The number of imidazole rings is 1. The number of aromatic nitrogens is 3. The summed E-state index contributed by atoms with van der Waals surface area (Å²) in [6, 6.07) is 6.15. The molecule has 154 valence electrons. The molecule has 0 radical (unpaired) electrons. The van der Waals surface area contributed by atoms with Crippen molar-refractivity contribution in [1.82, 2.24) is 24.3 Å². The molecule has 1 aliphatic heterocycles. The molecule has 2 aromatic heterocycles. The molecule has 0 saturated carbocycles. The van der Waals surface area contributed by atoms with Crippen LogP contribution in [0.2, 0.25) is 0 Å². The number of nitrogens with zero attached hydrogens (tertiary/aromatic N) is 5.